The van der Waals surface area contributed by atoms with Crippen LogP contribution < -0.4 is 11.1 Å². The predicted molar refractivity (Wildman–Crippen MR) is 70.1 cm³/mol. The number of urea groups is 1. The van der Waals surface area contributed by atoms with Gasteiger partial charge >= 0.3 is 18.0 Å². The molecule has 3 amide bonds. The molecule has 1 unspecified atom stereocenters. The molecule has 0 bridgehead atoms. The van der Waals surface area contributed by atoms with Gasteiger partial charge in [-0.25, -0.2) is 14.4 Å². The maximum absolute atomic E-state index is 12.1. The highest BCUT2D eigenvalue weighted by molar-refractivity contribution is 5.89. The summed E-state index contributed by atoms with van der Waals surface area (Å²) in [6.07, 6.45) is 0.559. The largest absolute Gasteiger partial charge is 0.480 e. The highest BCUT2D eigenvalue weighted by Gasteiger charge is 2.36. The zero-order chi connectivity index (χ0) is 16.0. The van der Waals surface area contributed by atoms with Gasteiger partial charge in [0.25, 0.3) is 0 Å². The Bertz CT molecular complexity index is 439. The molecule has 118 valence electrons. The summed E-state index contributed by atoms with van der Waals surface area (Å²) in [7, 11) is 0. The number of ether oxygens (including phenoxy) is 1. The molecule has 1 rings (SSSR count). The number of nitrogens with zero attached hydrogens (tertiary/aromatic N) is 1. The number of nitrogens with two attached hydrogens (primary N) is 1. The molecule has 0 saturated carbocycles. The number of primary amides is 1. The molecule has 0 spiro atoms. The summed E-state index contributed by atoms with van der Waals surface area (Å²) in [5, 5.41) is 11.1. The molecule has 4 N–H and O–H groups in total. The van der Waals surface area contributed by atoms with Crippen LogP contribution in [0.4, 0.5) is 4.79 Å². The van der Waals surface area contributed by atoms with Crippen LogP contribution >= 0.6 is 0 Å². The van der Waals surface area contributed by atoms with Crippen molar-refractivity contribution in [1.29, 1.82) is 0 Å². The van der Waals surface area contributed by atoms with Crippen LogP contribution in [0.25, 0.3) is 0 Å². The Labute approximate surface area is 121 Å². The van der Waals surface area contributed by atoms with Gasteiger partial charge in [0, 0.05) is 6.54 Å². The van der Waals surface area contributed by atoms with Gasteiger partial charge in [-0.2, -0.15) is 0 Å². The number of hydrogen-bond acceptors (Lipinski definition) is 5. The molecular weight excluding hydrogens is 282 g/mol. The summed E-state index contributed by atoms with van der Waals surface area (Å²) in [6.45, 7) is 2.17. The lowest BCUT2D eigenvalue weighted by Gasteiger charge is -2.25. The van der Waals surface area contributed by atoms with Crippen molar-refractivity contribution in [2.75, 3.05) is 13.2 Å². The van der Waals surface area contributed by atoms with Crippen molar-refractivity contribution in [2.24, 2.45) is 5.73 Å². The number of aliphatic carboxylic acids is 1. The molecule has 1 heterocycles. The van der Waals surface area contributed by atoms with Crippen LogP contribution in [0.5, 0.6) is 0 Å². The highest BCUT2D eigenvalue weighted by atomic mass is 16.5. The molecular formula is C12H19N3O6. The number of esters is 1. The standard InChI is InChI=1S/C12H19N3O6/c1-2-21-11(19)8-4-3-5-15(8)12(20)14-7(10(17)18)6-9(13)16/h7-8H,2-6H2,1H3,(H2,13,16)(H,14,20)(H,17,18)/t7-,8?/m0/s1. The van der Waals surface area contributed by atoms with Crippen molar-refractivity contribution in [2.45, 2.75) is 38.3 Å². The molecule has 0 aromatic heterocycles. The lowest BCUT2D eigenvalue weighted by atomic mass is 10.2. The number of carbonyl (C=O) groups is 4. The highest BCUT2D eigenvalue weighted by Crippen LogP contribution is 2.18. The fraction of sp³-hybridized carbons (Fsp3) is 0.667. The summed E-state index contributed by atoms with van der Waals surface area (Å²) >= 11 is 0. The van der Waals surface area contributed by atoms with Gasteiger partial charge in [0.05, 0.1) is 13.0 Å². The molecule has 2 atom stereocenters. The third-order valence-corrected chi connectivity index (χ3v) is 3.07. The van der Waals surface area contributed by atoms with Crippen LogP contribution in [0.1, 0.15) is 26.2 Å². The van der Waals surface area contributed by atoms with E-state index in [-0.39, 0.29) is 6.61 Å². The van der Waals surface area contributed by atoms with Gasteiger partial charge in [-0.05, 0) is 19.8 Å². The van der Waals surface area contributed by atoms with Crippen molar-refractivity contribution < 1.29 is 29.0 Å². The van der Waals surface area contributed by atoms with E-state index in [9.17, 15) is 19.2 Å². The SMILES string of the molecule is CCOC(=O)C1CCCN1C(=O)N[C@@H](CC(N)=O)C(=O)O. The van der Waals surface area contributed by atoms with Gasteiger partial charge < -0.3 is 25.8 Å². The molecule has 0 aromatic carbocycles. The number of nitrogens with one attached hydrogen (secondary N) is 1. The Morgan fingerprint density at radius 1 is 1.43 bits per heavy atom. The van der Waals surface area contributed by atoms with Crippen molar-refractivity contribution >= 4 is 23.9 Å². The Morgan fingerprint density at radius 3 is 2.62 bits per heavy atom. The molecule has 9 nitrogen and oxygen atoms in total. The molecule has 0 aromatic rings. The fourth-order valence-electron chi connectivity index (χ4n) is 2.13. The minimum absolute atomic E-state index is 0.199. The minimum atomic E-state index is -1.42. The number of likely N-dealkylation sites (tertiary alicyclic amines) is 1. The van der Waals surface area contributed by atoms with Crippen LogP contribution in [0, 0.1) is 0 Å². The fourth-order valence-corrected chi connectivity index (χ4v) is 2.13. The molecule has 21 heavy (non-hydrogen) atoms. The van der Waals surface area contributed by atoms with Crippen LogP contribution in [0.3, 0.4) is 0 Å². The maximum Gasteiger partial charge on any atom is 0.328 e. The monoisotopic (exact) mass is 301 g/mol. The Morgan fingerprint density at radius 2 is 2.10 bits per heavy atom. The first kappa shape index (κ1) is 16.7. The van der Waals surface area contributed by atoms with Gasteiger partial charge in [0.1, 0.15) is 12.1 Å². The average Bonchev–Trinajstić information content (AvgIpc) is 2.86. The summed E-state index contributed by atoms with van der Waals surface area (Å²) in [5.74, 6) is -2.73. The number of carbonyl (C=O) groups excluding carboxylic acids is 3. The second-order valence-electron chi connectivity index (χ2n) is 4.61. The molecule has 1 fully saturated rings. The first-order valence-electron chi connectivity index (χ1n) is 6.61. The topological polar surface area (TPSA) is 139 Å². The minimum Gasteiger partial charge on any atom is -0.480 e. The van der Waals surface area contributed by atoms with Gasteiger partial charge in [-0.3, -0.25) is 4.79 Å². The number of carboxylic acids is 1. The van der Waals surface area contributed by atoms with E-state index in [0.717, 1.165) is 0 Å². The van der Waals surface area contributed by atoms with E-state index in [2.05, 4.69) is 5.32 Å². The summed E-state index contributed by atoms with van der Waals surface area (Å²) in [4.78, 5) is 46.8. The van der Waals surface area contributed by atoms with Crippen LogP contribution in [0.2, 0.25) is 0 Å². The lowest BCUT2D eigenvalue weighted by Crippen LogP contribution is -2.52. The summed E-state index contributed by atoms with van der Waals surface area (Å²) in [6, 6.07) is -2.87. The zero-order valence-corrected chi connectivity index (χ0v) is 11.7. The quantitative estimate of drug-likeness (QED) is 0.541. The maximum atomic E-state index is 12.1. The first-order chi connectivity index (χ1) is 9.86. The van der Waals surface area contributed by atoms with Crippen LogP contribution in [-0.2, 0) is 19.1 Å². The Hall–Kier alpha value is -2.32. The van der Waals surface area contributed by atoms with E-state index in [1.54, 1.807) is 6.92 Å². The Balaban J connectivity index is 2.70. The molecule has 9 heteroatoms. The van der Waals surface area contributed by atoms with Gasteiger partial charge in [0.2, 0.25) is 5.91 Å². The van der Waals surface area contributed by atoms with Crippen LogP contribution in [-0.4, -0.2) is 59.1 Å². The number of rotatable bonds is 6. The van der Waals surface area contributed by atoms with Crippen molar-refractivity contribution in [3.63, 3.8) is 0 Å². The molecule has 0 aliphatic carbocycles. The van der Waals surface area contributed by atoms with Gasteiger partial charge in [-0.15, -0.1) is 0 Å². The van der Waals surface area contributed by atoms with Crippen molar-refractivity contribution in [3.8, 4) is 0 Å². The number of carboxylic acid groups (broad SMARTS) is 1. The van der Waals surface area contributed by atoms with E-state index >= 15 is 0 Å². The van der Waals surface area contributed by atoms with E-state index < -0.39 is 42.4 Å². The molecule has 1 saturated heterocycles. The second kappa shape index (κ2) is 7.46. The predicted octanol–water partition coefficient (Wildman–Crippen LogP) is -0.948. The first-order valence-corrected chi connectivity index (χ1v) is 6.61. The van der Waals surface area contributed by atoms with Crippen LogP contribution in [0.15, 0.2) is 0 Å². The lowest BCUT2D eigenvalue weighted by molar-refractivity contribution is -0.147. The number of hydrogen-bond donors (Lipinski definition) is 3. The van der Waals surface area contributed by atoms with Crippen molar-refractivity contribution in [1.82, 2.24) is 10.2 Å². The molecule has 1 aliphatic heterocycles. The number of amides is 3. The average molecular weight is 301 g/mol. The van der Waals surface area contributed by atoms with E-state index in [0.29, 0.717) is 19.4 Å². The van der Waals surface area contributed by atoms with Gasteiger partial charge in [0.15, 0.2) is 0 Å². The molecule has 1 aliphatic rings. The van der Waals surface area contributed by atoms with E-state index in [1.165, 1.54) is 4.90 Å². The normalized spacial score (nSPS) is 18.9. The zero-order valence-electron chi connectivity index (χ0n) is 11.7. The summed E-state index contributed by atoms with van der Waals surface area (Å²) < 4.78 is 4.87. The third-order valence-electron chi connectivity index (χ3n) is 3.07. The van der Waals surface area contributed by atoms with E-state index in [1.807, 2.05) is 0 Å². The van der Waals surface area contributed by atoms with E-state index in [4.69, 9.17) is 15.6 Å². The van der Waals surface area contributed by atoms with Gasteiger partial charge in [-0.1, -0.05) is 0 Å². The third kappa shape index (κ3) is 4.62. The Kier molecular flexibility index (Phi) is 5.94. The second-order valence-corrected chi connectivity index (χ2v) is 4.61. The summed E-state index contributed by atoms with van der Waals surface area (Å²) in [5.41, 5.74) is 4.93. The smallest absolute Gasteiger partial charge is 0.328 e. The molecule has 0 radical (unpaired) electrons. The van der Waals surface area contributed by atoms with Crippen molar-refractivity contribution in [3.05, 3.63) is 0 Å².